The van der Waals surface area contributed by atoms with Gasteiger partial charge in [-0.2, -0.15) is 11.8 Å². The van der Waals surface area contributed by atoms with E-state index in [1.807, 2.05) is 0 Å². The van der Waals surface area contributed by atoms with Gasteiger partial charge in [-0.15, -0.1) is 0 Å². The van der Waals surface area contributed by atoms with E-state index >= 15 is 0 Å². The van der Waals surface area contributed by atoms with Crippen molar-refractivity contribution in [3.63, 3.8) is 0 Å². The highest BCUT2D eigenvalue weighted by molar-refractivity contribution is 7.99. The Labute approximate surface area is 103 Å². The average molecular weight is 241 g/mol. The fourth-order valence-corrected chi connectivity index (χ4v) is 4.20. The van der Waals surface area contributed by atoms with E-state index in [1.54, 1.807) is 0 Å². The Morgan fingerprint density at radius 1 is 0.938 bits per heavy atom. The number of nitrogens with one attached hydrogen (secondary N) is 1. The molecule has 0 aromatic carbocycles. The fourth-order valence-electron chi connectivity index (χ4n) is 3.01. The first-order valence-corrected chi connectivity index (χ1v) is 7.85. The Morgan fingerprint density at radius 3 is 2.12 bits per heavy atom. The molecule has 92 valence electrons. The second-order valence-electron chi connectivity index (χ2n) is 5.25. The molecule has 4 heteroatoms. The van der Waals surface area contributed by atoms with Crippen LogP contribution in [0.4, 0.5) is 0 Å². The fraction of sp³-hybridized carbons (Fsp3) is 1.00. The van der Waals surface area contributed by atoms with Crippen molar-refractivity contribution in [1.29, 1.82) is 0 Å². The first kappa shape index (κ1) is 11.3. The van der Waals surface area contributed by atoms with Crippen LogP contribution in [0.2, 0.25) is 0 Å². The van der Waals surface area contributed by atoms with Crippen LogP contribution in [0.3, 0.4) is 0 Å². The van der Waals surface area contributed by atoms with Gasteiger partial charge in [0.05, 0.1) is 0 Å². The van der Waals surface area contributed by atoms with Crippen molar-refractivity contribution >= 4 is 11.8 Å². The topological polar surface area (TPSA) is 18.5 Å². The van der Waals surface area contributed by atoms with Gasteiger partial charge in [-0.3, -0.25) is 9.80 Å². The number of rotatable bonds is 2. The normalized spacial score (nSPS) is 34.9. The van der Waals surface area contributed by atoms with Crippen LogP contribution >= 0.6 is 11.8 Å². The Balaban J connectivity index is 1.45. The lowest BCUT2D eigenvalue weighted by Gasteiger charge is -2.45. The van der Waals surface area contributed by atoms with Crippen LogP contribution < -0.4 is 5.32 Å². The summed E-state index contributed by atoms with van der Waals surface area (Å²) < 4.78 is 0. The number of piperazine rings is 1. The predicted octanol–water partition coefficient (Wildman–Crippen LogP) is 0.471. The maximum Gasteiger partial charge on any atom is 0.0346 e. The highest BCUT2D eigenvalue weighted by Crippen LogP contribution is 2.23. The van der Waals surface area contributed by atoms with E-state index in [9.17, 15) is 0 Å². The third-order valence-electron chi connectivity index (χ3n) is 4.28. The second-order valence-corrected chi connectivity index (χ2v) is 6.40. The summed E-state index contributed by atoms with van der Waals surface area (Å²) in [6.45, 7) is 7.66. The Bertz CT molecular complexity index is 218. The van der Waals surface area contributed by atoms with Gasteiger partial charge in [0.1, 0.15) is 0 Å². The summed E-state index contributed by atoms with van der Waals surface area (Å²) in [7, 11) is 0. The molecule has 0 aromatic rings. The lowest BCUT2D eigenvalue weighted by molar-refractivity contribution is 0.0539. The van der Waals surface area contributed by atoms with Crippen molar-refractivity contribution in [1.82, 2.24) is 15.1 Å². The van der Waals surface area contributed by atoms with Gasteiger partial charge in [-0.1, -0.05) is 0 Å². The van der Waals surface area contributed by atoms with Crippen LogP contribution in [0.1, 0.15) is 12.8 Å². The van der Waals surface area contributed by atoms with E-state index in [4.69, 9.17) is 0 Å². The molecule has 1 atom stereocenters. The van der Waals surface area contributed by atoms with Crippen LogP contribution in [-0.2, 0) is 0 Å². The van der Waals surface area contributed by atoms with Crippen LogP contribution in [0.25, 0.3) is 0 Å². The molecule has 3 rings (SSSR count). The molecule has 0 radical (unpaired) electrons. The maximum absolute atomic E-state index is 3.37. The highest BCUT2D eigenvalue weighted by atomic mass is 32.2. The summed E-state index contributed by atoms with van der Waals surface area (Å²) in [5, 5.41) is 3.37. The molecule has 0 bridgehead atoms. The van der Waals surface area contributed by atoms with Gasteiger partial charge in [-0.05, 0) is 18.6 Å². The quantitative estimate of drug-likeness (QED) is 0.757. The van der Waals surface area contributed by atoms with Crippen LogP contribution in [-0.4, -0.2) is 72.7 Å². The smallest absolute Gasteiger partial charge is 0.0346 e. The van der Waals surface area contributed by atoms with Gasteiger partial charge >= 0.3 is 0 Å². The molecule has 0 saturated carbocycles. The zero-order valence-corrected chi connectivity index (χ0v) is 10.8. The van der Waals surface area contributed by atoms with Gasteiger partial charge < -0.3 is 5.32 Å². The summed E-state index contributed by atoms with van der Waals surface area (Å²) >= 11 is 2.15. The Hall–Kier alpha value is 0.230. The molecular formula is C12H23N3S. The first-order chi connectivity index (χ1) is 7.93. The largest absolute Gasteiger partial charge is 0.314 e. The van der Waals surface area contributed by atoms with Crippen LogP contribution in [0.5, 0.6) is 0 Å². The Kier molecular flexibility index (Phi) is 3.72. The third-order valence-corrected chi connectivity index (χ3v) is 5.48. The molecule has 1 unspecified atom stereocenters. The summed E-state index contributed by atoms with van der Waals surface area (Å²) in [5.41, 5.74) is 0. The zero-order valence-electron chi connectivity index (χ0n) is 10.0. The van der Waals surface area contributed by atoms with Gasteiger partial charge in [0.15, 0.2) is 0 Å². The number of nitrogens with zero attached hydrogens (tertiary/aromatic N) is 2. The minimum Gasteiger partial charge on any atom is -0.314 e. The molecule has 3 saturated heterocycles. The summed E-state index contributed by atoms with van der Waals surface area (Å²) in [6.07, 6.45) is 2.88. The lowest BCUT2D eigenvalue weighted by Crippen LogP contribution is -2.62. The second kappa shape index (κ2) is 5.25. The molecule has 1 N–H and O–H groups in total. The summed E-state index contributed by atoms with van der Waals surface area (Å²) in [5.74, 6) is 2.77. The molecule has 3 aliphatic rings. The van der Waals surface area contributed by atoms with E-state index in [1.165, 1.54) is 63.6 Å². The summed E-state index contributed by atoms with van der Waals surface area (Å²) in [6, 6.07) is 1.74. The van der Waals surface area contributed by atoms with Gasteiger partial charge in [-0.25, -0.2) is 0 Å². The molecule has 16 heavy (non-hydrogen) atoms. The average Bonchev–Trinajstić information content (AvgIpc) is 2.29. The van der Waals surface area contributed by atoms with E-state index in [-0.39, 0.29) is 0 Å². The van der Waals surface area contributed by atoms with Crippen molar-refractivity contribution < 1.29 is 0 Å². The Morgan fingerprint density at radius 2 is 1.62 bits per heavy atom. The van der Waals surface area contributed by atoms with E-state index in [0.717, 1.165) is 12.1 Å². The maximum atomic E-state index is 3.37. The van der Waals surface area contributed by atoms with Crippen LogP contribution in [0, 0.1) is 0 Å². The number of hydrogen-bond donors (Lipinski definition) is 1. The van der Waals surface area contributed by atoms with Crippen molar-refractivity contribution in [2.24, 2.45) is 0 Å². The number of thioether (sulfide) groups is 1. The minimum absolute atomic E-state index is 0.850. The van der Waals surface area contributed by atoms with Crippen molar-refractivity contribution in [2.45, 2.75) is 24.9 Å². The number of hydrogen-bond acceptors (Lipinski definition) is 4. The molecule has 0 aliphatic carbocycles. The first-order valence-electron chi connectivity index (χ1n) is 6.70. The van der Waals surface area contributed by atoms with Gasteiger partial charge in [0, 0.05) is 57.1 Å². The van der Waals surface area contributed by atoms with Crippen molar-refractivity contribution in [3.05, 3.63) is 0 Å². The molecule has 3 nitrogen and oxygen atoms in total. The molecule has 0 amide bonds. The minimum atomic E-state index is 0.850. The van der Waals surface area contributed by atoms with E-state index in [2.05, 4.69) is 26.9 Å². The summed E-state index contributed by atoms with van der Waals surface area (Å²) in [4.78, 5) is 5.43. The van der Waals surface area contributed by atoms with Gasteiger partial charge in [0.25, 0.3) is 0 Å². The standard InChI is InChI=1S/C12H23N3S/c1-2-11(10-16-7-1)14-3-5-15(6-4-14)12-8-13-9-12/h11-13H,1-10H2. The third kappa shape index (κ3) is 2.40. The molecule has 3 aliphatic heterocycles. The molecule has 3 heterocycles. The molecule has 0 spiro atoms. The van der Waals surface area contributed by atoms with Crippen LogP contribution in [0.15, 0.2) is 0 Å². The van der Waals surface area contributed by atoms with Crippen molar-refractivity contribution in [2.75, 3.05) is 50.8 Å². The van der Waals surface area contributed by atoms with Crippen molar-refractivity contribution in [3.8, 4) is 0 Å². The predicted molar refractivity (Wildman–Crippen MR) is 70.2 cm³/mol. The van der Waals surface area contributed by atoms with Gasteiger partial charge in [0.2, 0.25) is 0 Å². The zero-order chi connectivity index (χ0) is 10.8. The monoisotopic (exact) mass is 241 g/mol. The highest BCUT2D eigenvalue weighted by Gasteiger charge is 2.30. The molecular weight excluding hydrogens is 218 g/mol. The molecule has 0 aromatic heterocycles. The lowest BCUT2D eigenvalue weighted by atomic mass is 10.1. The SMILES string of the molecule is C1CSCC(N2CCN(C3CNC3)CC2)C1. The van der Waals surface area contributed by atoms with E-state index < -0.39 is 0 Å². The van der Waals surface area contributed by atoms with E-state index in [0.29, 0.717) is 0 Å². The molecule has 3 fully saturated rings.